The molecule has 0 aromatic heterocycles. The number of phenolic OH excluding ortho intramolecular Hbond substituents is 2. The molecule has 0 aliphatic carbocycles. The summed E-state index contributed by atoms with van der Waals surface area (Å²) in [6.45, 7) is 7.94. The van der Waals surface area contributed by atoms with Crippen molar-refractivity contribution in [3.05, 3.63) is 130 Å². The number of rotatable bonds is 11. The van der Waals surface area contributed by atoms with Crippen LogP contribution < -0.4 is 0 Å². The van der Waals surface area contributed by atoms with Crippen molar-refractivity contribution < 1.29 is 54.9 Å². The van der Waals surface area contributed by atoms with Gasteiger partial charge in [0.1, 0.15) is 17.1 Å². The molecule has 0 saturated carbocycles. The third-order valence-electron chi connectivity index (χ3n) is 11.5. The van der Waals surface area contributed by atoms with E-state index in [0.29, 0.717) is 24.3 Å². The van der Waals surface area contributed by atoms with Crippen LogP contribution in [0.3, 0.4) is 0 Å². The van der Waals surface area contributed by atoms with Gasteiger partial charge in [0, 0.05) is 29.6 Å². The maximum absolute atomic E-state index is 12.6. The van der Waals surface area contributed by atoms with Gasteiger partial charge in [0.25, 0.3) is 0 Å². The largest absolute Gasteiger partial charge is 0.508 e. The van der Waals surface area contributed by atoms with E-state index in [2.05, 4.69) is 41.0 Å². The second kappa shape index (κ2) is 22.6. The van der Waals surface area contributed by atoms with Crippen LogP contribution in [0.5, 0.6) is 11.5 Å². The second-order valence-corrected chi connectivity index (χ2v) is 15.7. The van der Waals surface area contributed by atoms with Gasteiger partial charge in [-0.3, -0.25) is 9.80 Å². The molecular formula is C47H58N2O11. The quantitative estimate of drug-likeness (QED) is 0.0747. The van der Waals surface area contributed by atoms with Crippen molar-refractivity contribution in [1.82, 2.24) is 9.80 Å². The Balaban J connectivity index is 0.000000580. The summed E-state index contributed by atoms with van der Waals surface area (Å²) in [6, 6.07) is 32.3. The first kappa shape index (κ1) is 46.9. The molecule has 0 atom stereocenters. The molecule has 0 unspecified atom stereocenters. The maximum Gasteiger partial charge on any atom is 0.414 e. The Kier molecular flexibility index (Phi) is 17.6. The average Bonchev–Trinajstić information content (AvgIpc) is 3.68. The number of carboxylic acids is 4. The Morgan fingerprint density at radius 3 is 1.13 bits per heavy atom. The lowest BCUT2D eigenvalue weighted by Gasteiger charge is -2.37. The third kappa shape index (κ3) is 13.4. The van der Waals surface area contributed by atoms with Crippen LogP contribution in [-0.2, 0) is 43.3 Å². The Bertz CT molecular complexity index is 1850. The molecular weight excluding hydrogens is 769 g/mol. The fourth-order valence-electron chi connectivity index (χ4n) is 7.95. The number of carbonyl (C=O) groups is 4. The van der Waals surface area contributed by atoms with Gasteiger partial charge in [-0.05, 0) is 111 Å². The molecule has 4 aromatic carbocycles. The number of carboxylic acid groups (broad SMARTS) is 4. The van der Waals surface area contributed by atoms with E-state index in [0.717, 1.165) is 72.6 Å². The van der Waals surface area contributed by atoms with Gasteiger partial charge in [-0.2, -0.15) is 0 Å². The van der Waals surface area contributed by atoms with Gasteiger partial charge in [-0.25, -0.2) is 19.2 Å². The molecule has 2 aliphatic heterocycles. The molecule has 4 aromatic rings. The first-order valence-electron chi connectivity index (χ1n) is 20.5. The van der Waals surface area contributed by atoms with E-state index in [4.69, 9.17) is 39.6 Å². The minimum absolute atomic E-state index is 0.336. The molecule has 0 radical (unpaired) electrons. The average molecular weight is 827 g/mol. The lowest BCUT2D eigenvalue weighted by molar-refractivity contribution is -0.159. The third-order valence-corrected chi connectivity index (χ3v) is 11.5. The Morgan fingerprint density at radius 1 is 0.483 bits per heavy atom. The van der Waals surface area contributed by atoms with E-state index >= 15 is 0 Å². The van der Waals surface area contributed by atoms with Gasteiger partial charge in [0.15, 0.2) is 0 Å². The van der Waals surface area contributed by atoms with Gasteiger partial charge < -0.3 is 35.7 Å². The molecule has 0 bridgehead atoms. The molecule has 7 N–H and O–H groups in total. The molecule has 13 nitrogen and oxygen atoms in total. The van der Waals surface area contributed by atoms with Gasteiger partial charge in [0.2, 0.25) is 0 Å². The Morgan fingerprint density at radius 2 is 0.817 bits per heavy atom. The highest BCUT2D eigenvalue weighted by atomic mass is 16.4. The summed E-state index contributed by atoms with van der Waals surface area (Å²) < 4.78 is 0. The van der Waals surface area contributed by atoms with Crippen LogP contribution in [-0.4, -0.2) is 95.6 Å². The molecule has 2 saturated heterocycles. The highest BCUT2D eigenvalue weighted by Gasteiger charge is 2.38. The zero-order valence-corrected chi connectivity index (χ0v) is 34.2. The summed E-state index contributed by atoms with van der Waals surface area (Å²) in [5.41, 5.74) is 4.16. The molecule has 13 heteroatoms. The van der Waals surface area contributed by atoms with Crippen molar-refractivity contribution in [2.45, 2.75) is 95.2 Å². The van der Waals surface area contributed by atoms with E-state index in [1.54, 1.807) is 0 Å². The molecule has 6 rings (SSSR count). The molecule has 0 spiro atoms. The second-order valence-electron chi connectivity index (χ2n) is 15.7. The van der Waals surface area contributed by atoms with Crippen molar-refractivity contribution >= 4 is 23.9 Å². The van der Waals surface area contributed by atoms with E-state index in [-0.39, 0.29) is 0 Å². The van der Waals surface area contributed by atoms with Gasteiger partial charge in [-0.1, -0.05) is 105 Å². The molecule has 0 amide bonds. The van der Waals surface area contributed by atoms with E-state index in [1.165, 1.54) is 51.4 Å². The van der Waals surface area contributed by atoms with E-state index in [1.807, 2.05) is 72.8 Å². The molecule has 2 fully saturated rings. The zero-order valence-electron chi connectivity index (χ0n) is 34.2. The number of likely N-dealkylation sites (tertiary alicyclic amines) is 2. The molecule has 2 aliphatic rings. The predicted molar refractivity (Wildman–Crippen MR) is 226 cm³/mol. The summed E-state index contributed by atoms with van der Waals surface area (Å²) in [5, 5.41) is 64.4. The first-order valence-corrected chi connectivity index (χ1v) is 20.5. The van der Waals surface area contributed by atoms with Crippen molar-refractivity contribution in [2.75, 3.05) is 26.2 Å². The minimum atomic E-state index is -1.82. The summed E-state index contributed by atoms with van der Waals surface area (Å²) in [4.78, 5) is 41.4. The Hall–Kier alpha value is -5.76. The van der Waals surface area contributed by atoms with Crippen molar-refractivity contribution in [3.8, 4) is 11.5 Å². The number of benzene rings is 4. The monoisotopic (exact) mass is 826 g/mol. The van der Waals surface area contributed by atoms with Crippen LogP contribution in [0.25, 0.3) is 0 Å². The molecule has 322 valence electrons. The minimum Gasteiger partial charge on any atom is -0.508 e. The van der Waals surface area contributed by atoms with Crippen LogP contribution in [0.15, 0.2) is 97.1 Å². The predicted octanol–water partition coefficient (Wildman–Crippen LogP) is 7.18. The fraction of sp³-hybridized carbons (Fsp3) is 0.404. The van der Waals surface area contributed by atoms with Crippen LogP contribution in [0, 0.1) is 0 Å². The van der Waals surface area contributed by atoms with Gasteiger partial charge in [-0.15, -0.1) is 0 Å². The van der Waals surface area contributed by atoms with Crippen LogP contribution in [0.1, 0.15) is 105 Å². The summed E-state index contributed by atoms with van der Waals surface area (Å²) in [6.07, 6.45) is 11.0. The highest BCUT2D eigenvalue weighted by Crippen LogP contribution is 2.44. The smallest absolute Gasteiger partial charge is 0.414 e. The topological polar surface area (TPSA) is 216 Å². The number of phenols is 2. The SMILES string of the molecule is CC(CCC(O)(c1ccccc1)c1ccccc1)(c1ccc(O)c(CN2CCCCCC2)c1)c1ccc(O)c(CN2CCCCCC2)c1.O=C(O)C(=O)O.O=C(O)C(=O)O. The van der Waals surface area contributed by atoms with Crippen molar-refractivity contribution in [3.63, 3.8) is 0 Å². The maximum atomic E-state index is 12.6. The summed E-state index contributed by atoms with van der Waals surface area (Å²) >= 11 is 0. The van der Waals surface area contributed by atoms with Crippen LogP contribution in [0.4, 0.5) is 0 Å². The Labute approximate surface area is 351 Å². The zero-order chi connectivity index (χ0) is 43.7. The van der Waals surface area contributed by atoms with Crippen molar-refractivity contribution in [1.29, 1.82) is 0 Å². The summed E-state index contributed by atoms with van der Waals surface area (Å²) in [7, 11) is 0. The number of nitrogens with zero attached hydrogens (tertiary/aromatic N) is 2. The normalized spacial score (nSPS) is 15.2. The standard InChI is InChI=1S/C43H54N2O3.2C2H2O4/c1-42(38-20-22-40(46)34(30-38)32-44-26-12-2-3-13-27-44,39-21-23-41(47)35(31-39)33-45-28-14-4-5-15-29-45)24-25-43(48,36-16-8-6-9-17-36)37-18-10-7-11-19-37;2*3-1(4)2(5)6/h6-11,16-23,30-31,46-48H,2-5,12-15,24-29,32-33H2,1H3;2*(H,3,4)(H,5,6). The summed E-state index contributed by atoms with van der Waals surface area (Å²) in [5.74, 6) is -6.62. The van der Waals surface area contributed by atoms with E-state index < -0.39 is 34.9 Å². The first-order chi connectivity index (χ1) is 28.6. The fourth-order valence-corrected chi connectivity index (χ4v) is 7.95. The lowest BCUT2D eigenvalue weighted by Crippen LogP contribution is -2.33. The number of aromatic hydroxyl groups is 2. The number of aliphatic hydroxyl groups is 1. The van der Waals surface area contributed by atoms with Gasteiger partial charge >= 0.3 is 23.9 Å². The molecule has 60 heavy (non-hydrogen) atoms. The number of hydrogen-bond donors (Lipinski definition) is 7. The van der Waals surface area contributed by atoms with Crippen LogP contribution in [0.2, 0.25) is 0 Å². The van der Waals surface area contributed by atoms with Gasteiger partial charge in [0.05, 0.1) is 0 Å². The highest BCUT2D eigenvalue weighted by molar-refractivity contribution is 6.27. The van der Waals surface area contributed by atoms with Crippen molar-refractivity contribution in [2.24, 2.45) is 0 Å². The van der Waals surface area contributed by atoms with Crippen LogP contribution >= 0.6 is 0 Å². The molecule has 2 heterocycles. The van der Waals surface area contributed by atoms with E-state index in [9.17, 15) is 15.3 Å². The number of hydrogen-bond acceptors (Lipinski definition) is 9. The lowest BCUT2D eigenvalue weighted by atomic mass is 9.69. The number of aliphatic carboxylic acids is 4.